The van der Waals surface area contributed by atoms with E-state index in [1.54, 1.807) is 48.7 Å². The van der Waals surface area contributed by atoms with Gasteiger partial charge in [0.1, 0.15) is 18.1 Å². The lowest BCUT2D eigenvalue weighted by molar-refractivity contribution is -0.130. The van der Waals surface area contributed by atoms with Gasteiger partial charge in [0, 0.05) is 29.6 Å². The van der Waals surface area contributed by atoms with E-state index in [2.05, 4.69) is 0 Å². The highest BCUT2D eigenvalue weighted by atomic mass is 16.5. The predicted octanol–water partition coefficient (Wildman–Crippen LogP) is 5.51. The maximum atomic E-state index is 12.2. The lowest BCUT2D eigenvalue weighted by Crippen LogP contribution is -2.03. The van der Waals surface area contributed by atoms with Gasteiger partial charge in [-0.2, -0.15) is 0 Å². The van der Waals surface area contributed by atoms with Crippen LogP contribution in [0.3, 0.4) is 0 Å². The molecule has 1 aromatic heterocycles. The monoisotopic (exact) mass is 441 g/mol. The number of hydrogen-bond acceptors (Lipinski definition) is 4. The van der Waals surface area contributed by atoms with Gasteiger partial charge in [-0.25, -0.2) is 4.79 Å². The van der Waals surface area contributed by atoms with Gasteiger partial charge in [-0.15, -0.1) is 0 Å². The molecule has 3 aromatic carbocycles. The van der Waals surface area contributed by atoms with Crippen LogP contribution in [0.1, 0.15) is 28.4 Å². The number of aromatic nitrogens is 1. The van der Waals surface area contributed by atoms with Crippen LogP contribution in [-0.4, -0.2) is 28.7 Å². The molecule has 0 aliphatic heterocycles. The smallest absolute Gasteiger partial charge is 0.336 e. The molecular formula is C27H23NO5. The van der Waals surface area contributed by atoms with E-state index in [1.165, 1.54) is 18.6 Å². The van der Waals surface area contributed by atoms with Crippen molar-refractivity contribution in [3.8, 4) is 11.5 Å². The first-order valence-corrected chi connectivity index (χ1v) is 10.4. The molecule has 6 heteroatoms. The number of carbonyl (C=O) groups excluding carboxylic acids is 1. The number of carbonyl (C=O) groups is 2. The summed E-state index contributed by atoms with van der Waals surface area (Å²) in [6.07, 6.45) is 3.20. The Labute approximate surface area is 191 Å². The second-order valence-corrected chi connectivity index (χ2v) is 7.49. The summed E-state index contributed by atoms with van der Waals surface area (Å²) in [5, 5.41) is 10.7. The zero-order valence-electron chi connectivity index (χ0n) is 18.3. The summed E-state index contributed by atoms with van der Waals surface area (Å²) >= 11 is 0. The normalized spacial score (nSPS) is 11.4. The summed E-state index contributed by atoms with van der Waals surface area (Å²) < 4.78 is 12.8. The Morgan fingerprint density at radius 2 is 1.73 bits per heavy atom. The highest BCUT2D eigenvalue weighted by molar-refractivity contribution is 6.22. The molecule has 0 saturated carbocycles. The van der Waals surface area contributed by atoms with Gasteiger partial charge in [0.2, 0.25) is 5.91 Å². The van der Waals surface area contributed by atoms with Gasteiger partial charge >= 0.3 is 5.97 Å². The fraction of sp³-hybridized carbons (Fsp3) is 0.111. The molecule has 6 nitrogen and oxygen atoms in total. The average Bonchev–Trinajstić information content (AvgIpc) is 3.19. The second-order valence-electron chi connectivity index (χ2n) is 7.49. The van der Waals surface area contributed by atoms with E-state index in [1.807, 2.05) is 36.4 Å². The molecular weight excluding hydrogens is 418 g/mol. The summed E-state index contributed by atoms with van der Waals surface area (Å²) in [6, 6.07) is 22.2. The van der Waals surface area contributed by atoms with Crippen molar-refractivity contribution in [2.75, 3.05) is 7.11 Å². The molecule has 33 heavy (non-hydrogen) atoms. The van der Waals surface area contributed by atoms with Crippen molar-refractivity contribution in [3.05, 3.63) is 95.7 Å². The van der Waals surface area contributed by atoms with Crippen molar-refractivity contribution in [1.82, 2.24) is 4.57 Å². The maximum Gasteiger partial charge on any atom is 0.336 e. The Balaban J connectivity index is 1.81. The largest absolute Gasteiger partial charge is 0.496 e. The number of methoxy groups -OCH3 is 1. The van der Waals surface area contributed by atoms with E-state index < -0.39 is 5.97 Å². The van der Waals surface area contributed by atoms with Crippen molar-refractivity contribution in [2.24, 2.45) is 0 Å². The molecule has 0 unspecified atom stereocenters. The Bertz CT molecular complexity index is 1350. The highest BCUT2D eigenvalue weighted by Gasteiger charge is 2.18. The third-order valence-electron chi connectivity index (χ3n) is 5.32. The van der Waals surface area contributed by atoms with Crippen LogP contribution in [0, 0.1) is 0 Å². The summed E-state index contributed by atoms with van der Waals surface area (Å²) in [7, 11) is 1.50. The third-order valence-corrected chi connectivity index (χ3v) is 5.32. The molecule has 0 amide bonds. The fourth-order valence-corrected chi connectivity index (χ4v) is 3.72. The Hall–Kier alpha value is -4.32. The van der Waals surface area contributed by atoms with Gasteiger partial charge in [0.15, 0.2) is 0 Å². The molecule has 166 valence electrons. The van der Waals surface area contributed by atoms with Crippen molar-refractivity contribution in [1.29, 1.82) is 0 Å². The van der Waals surface area contributed by atoms with Crippen LogP contribution in [-0.2, 0) is 11.4 Å². The Morgan fingerprint density at radius 1 is 1.00 bits per heavy atom. The van der Waals surface area contributed by atoms with E-state index in [4.69, 9.17) is 9.47 Å². The number of para-hydroxylation sites is 1. The van der Waals surface area contributed by atoms with Gasteiger partial charge in [-0.3, -0.25) is 9.36 Å². The molecule has 4 aromatic rings. The van der Waals surface area contributed by atoms with E-state index in [0.29, 0.717) is 40.1 Å². The van der Waals surface area contributed by atoms with Crippen LogP contribution >= 0.6 is 0 Å². The van der Waals surface area contributed by atoms with Gasteiger partial charge in [0.05, 0.1) is 18.2 Å². The first-order valence-electron chi connectivity index (χ1n) is 10.4. The number of carboxylic acids is 1. The molecule has 0 fully saturated rings. The van der Waals surface area contributed by atoms with E-state index in [9.17, 15) is 14.7 Å². The van der Waals surface area contributed by atoms with Crippen LogP contribution in [0.5, 0.6) is 11.5 Å². The molecule has 0 saturated heterocycles. The quantitative estimate of drug-likeness (QED) is 0.383. The summed E-state index contributed by atoms with van der Waals surface area (Å²) in [5.41, 5.74) is 2.81. The van der Waals surface area contributed by atoms with Crippen LogP contribution in [0.15, 0.2) is 79.0 Å². The summed E-state index contributed by atoms with van der Waals surface area (Å²) in [5.74, 6) is -0.198. The number of hydrogen-bond donors (Lipinski definition) is 1. The number of fused-ring (bicyclic) bond motifs is 1. The first-order chi connectivity index (χ1) is 16.0. The number of nitrogens with zero attached hydrogens (tertiary/aromatic N) is 1. The zero-order valence-corrected chi connectivity index (χ0v) is 18.3. The van der Waals surface area contributed by atoms with Gasteiger partial charge in [-0.05, 0) is 35.9 Å². The van der Waals surface area contributed by atoms with Crippen LogP contribution in [0.2, 0.25) is 0 Å². The topological polar surface area (TPSA) is 77.8 Å². The minimum absolute atomic E-state index is 0.0608. The van der Waals surface area contributed by atoms with Gasteiger partial charge in [0.25, 0.3) is 0 Å². The van der Waals surface area contributed by atoms with Crippen LogP contribution in [0.4, 0.5) is 0 Å². The van der Waals surface area contributed by atoms with Crippen molar-refractivity contribution in [2.45, 2.75) is 13.5 Å². The molecule has 1 N–H and O–H groups in total. The number of aliphatic carboxylic acids is 1. The number of carboxylic acid groups (broad SMARTS) is 1. The van der Waals surface area contributed by atoms with Gasteiger partial charge < -0.3 is 14.6 Å². The van der Waals surface area contributed by atoms with Crippen molar-refractivity contribution < 1.29 is 24.2 Å². The molecule has 0 spiro atoms. The molecule has 4 rings (SSSR count). The standard InChI is InChI=1S/C27H23NO5/c1-18(29)28-16-20(14-24(27(30)31)22-10-6-7-11-26(22)32-2)23-15-21(12-13-25(23)28)33-17-19-8-4-3-5-9-19/h3-16H,17H2,1-2H3,(H,30,31)/b24-14+. The first kappa shape index (κ1) is 21.9. The van der Waals surface area contributed by atoms with E-state index >= 15 is 0 Å². The number of benzene rings is 3. The van der Waals surface area contributed by atoms with Crippen LogP contribution in [0.25, 0.3) is 22.6 Å². The lowest BCUT2D eigenvalue weighted by Gasteiger charge is -2.09. The SMILES string of the molecule is COc1ccccc1/C(=C\c1cn(C(C)=O)c2ccc(OCc3ccccc3)cc12)C(=O)O. The highest BCUT2D eigenvalue weighted by Crippen LogP contribution is 2.32. The van der Waals surface area contributed by atoms with E-state index in [-0.39, 0.29) is 11.5 Å². The van der Waals surface area contributed by atoms with Crippen molar-refractivity contribution >= 4 is 34.4 Å². The molecule has 0 atom stereocenters. The fourth-order valence-electron chi connectivity index (χ4n) is 3.72. The Morgan fingerprint density at radius 3 is 2.42 bits per heavy atom. The summed E-state index contributed by atoms with van der Waals surface area (Å²) in [4.78, 5) is 24.4. The molecule has 1 heterocycles. The molecule has 0 bridgehead atoms. The predicted molar refractivity (Wildman–Crippen MR) is 128 cm³/mol. The molecule has 0 aliphatic rings. The summed E-state index contributed by atoms with van der Waals surface area (Å²) in [6.45, 7) is 1.86. The molecule has 0 radical (unpaired) electrons. The number of ether oxygens (including phenoxy) is 2. The lowest BCUT2D eigenvalue weighted by atomic mass is 10.0. The second kappa shape index (κ2) is 9.44. The van der Waals surface area contributed by atoms with Crippen molar-refractivity contribution in [3.63, 3.8) is 0 Å². The maximum absolute atomic E-state index is 12.2. The van der Waals surface area contributed by atoms with Crippen LogP contribution < -0.4 is 9.47 Å². The average molecular weight is 441 g/mol. The zero-order chi connectivity index (χ0) is 23.4. The molecule has 0 aliphatic carbocycles. The third kappa shape index (κ3) is 4.65. The Kier molecular flexibility index (Phi) is 6.26. The minimum atomic E-state index is -1.10. The number of rotatable bonds is 7. The van der Waals surface area contributed by atoms with Gasteiger partial charge in [-0.1, -0.05) is 48.5 Å². The minimum Gasteiger partial charge on any atom is -0.496 e. The van der Waals surface area contributed by atoms with E-state index in [0.717, 1.165) is 5.56 Å².